The van der Waals surface area contributed by atoms with Gasteiger partial charge in [0, 0.05) is 4.47 Å². The fraction of sp³-hybridized carbons (Fsp3) is 0.111. The number of nitrogens with zero attached hydrogens (tertiary/aromatic N) is 3. The van der Waals surface area contributed by atoms with Gasteiger partial charge in [-0.1, -0.05) is 27.5 Å². The molecule has 2 aromatic rings. The van der Waals surface area contributed by atoms with Gasteiger partial charge in [0.15, 0.2) is 5.15 Å². The normalized spacial score (nSPS) is 11.8. The van der Waals surface area contributed by atoms with Crippen molar-refractivity contribution in [3.63, 3.8) is 0 Å². The average Bonchev–Trinajstić information content (AvgIpc) is 2.62. The molecule has 3 nitrogen and oxygen atoms in total. The zero-order valence-electron chi connectivity index (χ0n) is 8.04. The highest BCUT2D eigenvalue weighted by molar-refractivity contribution is 9.10. The zero-order chi connectivity index (χ0) is 12.6. The number of benzene rings is 1. The maximum atomic E-state index is 12.8. The number of alkyl halides is 3. The summed E-state index contributed by atoms with van der Waals surface area (Å²) >= 11 is 8.63. The van der Waals surface area contributed by atoms with Crippen LogP contribution in [0.15, 0.2) is 28.9 Å². The number of halogens is 5. The minimum Gasteiger partial charge on any atom is -0.166 e. The molecule has 0 atom stereocenters. The van der Waals surface area contributed by atoms with E-state index in [1.807, 2.05) is 0 Å². The van der Waals surface area contributed by atoms with E-state index in [0.717, 1.165) is 10.9 Å². The van der Waals surface area contributed by atoms with Gasteiger partial charge in [-0.2, -0.15) is 18.3 Å². The molecule has 0 aliphatic carbocycles. The van der Waals surface area contributed by atoms with E-state index in [1.54, 1.807) is 0 Å². The Kier molecular flexibility index (Phi) is 3.13. The molecule has 8 heteroatoms. The van der Waals surface area contributed by atoms with Crippen molar-refractivity contribution in [2.45, 2.75) is 6.18 Å². The van der Waals surface area contributed by atoms with Crippen LogP contribution in [-0.4, -0.2) is 15.0 Å². The quantitative estimate of drug-likeness (QED) is 0.800. The molecule has 0 spiro atoms. The summed E-state index contributed by atoms with van der Waals surface area (Å²) in [5.74, 6) is 0. The second-order valence-corrected chi connectivity index (χ2v) is 4.42. The van der Waals surface area contributed by atoms with Crippen LogP contribution in [0.1, 0.15) is 5.56 Å². The van der Waals surface area contributed by atoms with Crippen molar-refractivity contribution in [3.05, 3.63) is 39.6 Å². The van der Waals surface area contributed by atoms with Crippen molar-refractivity contribution in [1.29, 1.82) is 0 Å². The van der Waals surface area contributed by atoms with Crippen LogP contribution in [0.2, 0.25) is 5.15 Å². The molecular weight excluding hydrogens is 322 g/mol. The summed E-state index contributed by atoms with van der Waals surface area (Å²) in [7, 11) is 0. The molecule has 0 aliphatic rings. The van der Waals surface area contributed by atoms with Crippen molar-refractivity contribution in [1.82, 2.24) is 15.0 Å². The third kappa shape index (κ3) is 2.61. The van der Waals surface area contributed by atoms with Crippen LogP contribution in [-0.2, 0) is 6.18 Å². The first-order valence-electron chi connectivity index (χ1n) is 4.33. The summed E-state index contributed by atoms with van der Waals surface area (Å²) < 4.78 is 38.8. The Morgan fingerprint density at radius 3 is 2.53 bits per heavy atom. The third-order valence-corrected chi connectivity index (χ3v) is 2.61. The summed E-state index contributed by atoms with van der Waals surface area (Å²) in [5.41, 5.74) is -1.01. The Morgan fingerprint density at radius 2 is 2.00 bits per heavy atom. The second kappa shape index (κ2) is 4.30. The summed E-state index contributed by atoms with van der Waals surface area (Å²) in [4.78, 5) is 0.843. The number of aromatic nitrogens is 3. The topological polar surface area (TPSA) is 30.7 Å². The van der Waals surface area contributed by atoms with Gasteiger partial charge in [0.25, 0.3) is 0 Å². The molecule has 1 aromatic heterocycles. The van der Waals surface area contributed by atoms with Crippen LogP contribution >= 0.6 is 27.5 Å². The Balaban J connectivity index is 2.63. The second-order valence-electron chi connectivity index (χ2n) is 3.12. The molecule has 0 aliphatic heterocycles. The van der Waals surface area contributed by atoms with E-state index in [9.17, 15) is 13.2 Å². The summed E-state index contributed by atoms with van der Waals surface area (Å²) in [6, 6.07) is 3.53. The van der Waals surface area contributed by atoms with Crippen LogP contribution in [0, 0.1) is 0 Å². The van der Waals surface area contributed by atoms with Crippen LogP contribution < -0.4 is 0 Å². The molecule has 0 radical (unpaired) electrons. The SMILES string of the molecule is FC(F)(F)c1ccc(Br)cc1-n1ncc(Cl)n1. The van der Waals surface area contributed by atoms with E-state index in [2.05, 4.69) is 26.1 Å². The molecular formula is C9H4BrClF3N3. The summed E-state index contributed by atoms with van der Waals surface area (Å²) in [5, 5.41) is 7.33. The van der Waals surface area contributed by atoms with E-state index in [-0.39, 0.29) is 10.8 Å². The third-order valence-electron chi connectivity index (χ3n) is 1.94. The minimum atomic E-state index is -4.48. The predicted octanol–water partition coefficient (Wildman–Crippen LogP) is 3.70. The first-order chi connectivity index (χ1) is 7.88. The molecule has 0 fully saturated rings. The Hall–Kier alpha value is -1.08. The lowest BCUT2D eigenvalue weighted by Crippen LogP contribution is -2.12. The first kappa shape index (κ1) is 12.4. The predicted molar refractivity (Wildman–Crippen MR) is 59.1 cm³/mol. The fourth-order valence-corrected chi connectivity index (χ4v) is 1.73. The molecule has 2 rings (SSSR count). The standard InChI is InChI=1S/C9H4BrClF3N3/c10-5-1-2-6(9(12,13)14)7(3-5)17-15-4-8(11)16-17/h1-4H. The Labute approximate surface area is 107 Å². The lowest BCUT2D eigenvalue weighted by Gasteiger charge is -2.11. The van der Waals surface area contributed by atoms with Crippen molar-refractivity contribution in [2.75, 3.05) is 0 Å². The van der Waals surface area contributed by atoms with Gasteiger partial charge in [-0.05, 0) is 18.2 Å². The average molecular weight is 327 g/mol. The Morgan fingerprint density at radius 1 is 1.29 bits per heavy atom. The van der Waals surface area contributed by atoms with E-state index in [0.29, 0.717) is 4.47 Å². The molecule has 0 N–H and O–H groups in total. The van der Waals surface area contributed by atoms with Gasteiger partial charge in [-0.25, -0.2) is 0 Å². The minimum absolute atomic E-state index is 0.0260. The highest BCUT2D eigenvalue weighted by Crippen LogP contribution is 2.34. The molecule has 0 unspecified atom stereocenters. The molecule has 90 valence electrons. The van der Waals surface area contributed by atoms with Gasteiger partial charge >= 0.3 is 6.18 Å². The molecule has 0 saturated carbocycles. The van der Waals surface area contributed by atoms with Crippen molar-refractivity contribution < 1.29 is 13.2 Å². The van der Waals surface area contributed by atoms with Gasteiger partial charge in [0.05, 0.1) is 17.4 Å². The zero-order valence-corrected chi connectivity index (χ0v) is 10.4. The monoisotopic (exact) mass is 325 g/mol. The molecule has 17 heavy (non-hydrogen) atoms. The largest absolute Gasteiger partial charge is 0.418 e. The van der Waals surface area contributed by atoms with Gasteiger partial charge < -0.3 is 0 Å². The maximum absolute atomic E-state index is 12.8. The lowest BCUT2D eigenvalue weighted by molar-refractivity contribution is -0.137. The van der Waals surface area contributed by atoms with E-state index in [4.69, 9.17) is 11.6 Å². The number of hydrogen-bond donors (Lipinski definition) is 0. The molecule has 1 heterocycles. The van der Waals surface area contributed by atoms with Gasteiger partial charge in [0.1, 0.15) is 0 Å². The first-order valence-corrected chi connectivity index (χ1v) is 5.50. The van der Waals surface area contributed by atoms with Crippen LogP contribution in [0.3, 0.4) is 0 Å². The van der Waals surface area contributed by atoms with E-state index in [1.165, 1.54) is 18.3 Å². The summed E-state index contributed by atoms with van der Waals surface area (Å²) in [6.45, 7) is 0. The van der Waals surface area contributed by atoms with Crippen molar-refractivity contribution in [3.8, 4) is 5.69 Å². The van der Waals surface area contributed by atoms with Crippen LogP contribution in [0.25, 0.3) is 5.69 Å². The number of rotatable bonds is 1. The number of hydrogen-bond acceptors (Lipinski definition) is 2. The van der Waals surface area contributed by atoms with Gasteiger partial charge in [0.2, 0.25) is 0 Å². The highest BCUT2D eigenvalue weighted by Gasteiger charge is 2.34. The van der Waals surface area contributed by atoms with Crippen molar-refractivity contribution in [2.24, 2.45) is 0 Å². The molecule has 1 aromatic carbocycles. The maximum Gasteiger partial charge on any atom is 0.418 e. The smallest absolute Gasteiger partial charge is 0.166 e. The van der Waals surface area contributed by atoms with Crippen molar-refractivity contribution >= 4 is 27.5 Å². The van der Waals surface area contributed by atoms with Gasteiger partial charge in [-0.15, -0.1) is 9.90 Å². The molecule has 0 bridgehead atoms. The highest BCUT2D eigenvalue weighted by atomic mass is 79.9. The van der Waals surface area contributed by atoms with Crippen LogP contribution in [0.5, 0.6) is 0 Å². The van der Waals surface area contributed by atoms with Crippen LogP contribution in [0.4, 0.5) is 13.2 Å². The Bertz CT molecular complexity index is 553. The van der Waals surface area contributed by atoms with E-state index < -0.39 is 11.7 Å². The van der Waals surface area contributed by atoms with E-state index >= 15 is 0 Å². The fourth-order valence-electron chi connectivity index (χ4n) is 1.27. The summed E-state index contributed by atoms with van der Waals surface area (Å²) in [6.07, 6.45) is -3.31. The lowest BCUT2D eigenvalue weighted by atomic mass is 10.2. The van der Waals surface area contributed by atoms with Gasteiger partial charge in [-0.3, -0.25) is 0 Å². The molecule has 0 saturated heterocycles. The molecule has 0 amide bonds.